The van der Waals surface area contributed by atoms with Gasteiger partial charge in [0.25, 0.3) is 0 Å². The number of carbonyl (C=O) groups is 1. The average Bonchev–Trinajstić information content (AvgIpc) is 2.66. The van der Waals surface area contributed by atoms with Crippen LogP contribution in [-0.2, 0) is 16.4 Å². The predicted octanol–water partition coefficient (Wildman–Crippen LogP) is 1.89. The van der Waals surface area contributed by atoms with E-state index in [1.807, 2.05) is 28.8 Å². The first-order valence-corrected chi connectivity index (χ1v) is 7.78. The highest BCUT2D eigenvalue weighted by molar-refractivity contribution is 7.90. The summed E-state index contributed by atoms with van der Waals surface area (Å²) in [4.78, 5) is 11.0. The molecule has 0 saturated carbocycles. The molecule has 0 fully saturated rings. The van der Waals surface area contributed by atoms with E-state index in [9.17, 15) is 13.2 Å². The van der Waals surface area contributed by atoms with Gasteiger partial charge in [-0.1, -0.05) is 18.2 Å². The zero-order valence-electron chi connectivity index (χ0n) is 10.2. The Kier molecular flexibility index (Phi) is 3.52. The summed E-state index contributed by atoms with van der Waals surface area (Å²) in [6, 6.07) is 7.62. The minimum Gasteiger partial charge on any atom is -0.347 e. The van der Waals surface area contributed by atoms with Crippen molar-refractivity contribution in [3.05, 3.63) is 36.0 Å². The summed E-state index contributed by atoms with van der Waals surface area (Å²) in [6.07, 6.45) is 4.39. The normalized spacial score (nSPS) is 11.8. The molecule has 1 aromatic carbocycles. The van der Waals surface area contributed by atoms with Gasteiger partial charge in [0.15, 0.2) is 6.29 Å². The molecule has 1 heterocycles. The molecule has 0 unspecified atom stereocenters. The lowest BCUT2D eigenvalue weighted by molar-refractivity contribution is 0.112. The Morgan fingerprint density at radius 1 is 1.28 bits per heavy atom. The number of sulfone groups is 1. The number of carbonyl (C=O) groups excluding carboxylic acids is 1. The second-order valence-electron chi connectivity index (χ2n) is 4.40. The van der Waals surface area contributed by atoms with E-state index in [1.54, 1.807) is 6.20 Å². The van der Waals surface area contributed by atoms with Crippen LogP contribution in [0.25, 0.3) is 10.9 Å². The number of aryl methyl sites for hydroxylation is 1. The van der Waals surface area contributed by atoms with E-state index in [1.165, 1.54) is 6.26 Å². The summed E-state index contributed by atoms with van der Waals surface area (Å²) in [7, 11) is -2.93. The van der Waals surface area contributed by atoms with Crippen LogP contribution in [0, 0.1) is 0 Å². The first-order valence-electron chi connectivity index (χ1n) is 5.72. The fourth-order valence-electron chi connectivity index (χ4n) is 2.05. The number of para-hydroxylation sites is 1. The molecule has 5 heteroatoms. The Labute approximate surface area is 106 Å². The van der Waals surface area contributed by atoms with Crippen LogP contribution in [0.5, 0.6) is 0 Å². The van der Waals surface area contributed by atoms with Gasteiger partial charge in [-0.25, -0.2) is 8.42 Å². The second kappa shape index (κ2) is 4.94. The van der Waals surface area contributed by atoms with Crippen molar-refractivity contribution in [2.24, 2.45) is 0 Å². The van der Waals surface area contributed by atoms with E-state index in [4.69, 9.17) is 0 Å². The van der Waals surface area contributed by atoms with Gasteiger partial charge in [-0.05, 0) is 12.5 Å². The SMILES string of the molecule is CS(=O)(=O)CCCn1cc(C=O)c2ccccc21. The predicted molar refractivity (Wildman–Crippen MR) is 71.7 cm³/mol. The lowest BCUT2D eigenvalue weighted by Gasteiger charge is -2.04. The average molecular weight is 265 g/mol. The molecule has 0 atom stereocenters. The van der Waals surface area contributed by atoms with Crippen LogP contribution >= 0.6 is 0 Å². The number of nitrogens with zero attached hydrogens (tertiary/aromatic N) is 1. The highest BCUT2D eigenvalue weighted by atomic mass is 32.2. The monoisotopic (exact) mass is 265 g/mol. The molecule has 4 nitrogen and oxygen atoms in total. The standard InChI is InChI=1S/C13H15NO3S/c1-18(16,17)8-4-7-14-9-11(10-15)12-5-2-3-6-13(12)14/h2-3,5-6,9-10H,4,7-8H2,1H3. The zero-order valence-corrected chi connectivity index (χ0v) is 11.0. The summed E-state index contributed by atoms with van der Waals surface area (Å²) in [5.74, 6) is 0.163. The van der Waals surface area contributed by atoms with Gasteiger partial charge >= 0.3 is 0 Å². The van der Waals surface area contributed by atoms with Crippen molar-refractivity contribution < 1.29 is 13.2 Å². The first-order chi connectivity index (χ1) is 8.51. The quantitative estimate of drug-likeness (QED) is 0.776. The van der Waals surface area contributed by atoms with Gasteiger partial charge in [0.2, 0.25) is 0 Å². The molecule has 0 aliphatic heterocycles. The van der Waals surface area contributed by atoms with E-state index in [0.29, 0.717) is 18.5 Å². The molecule has 1 aromatic heterocycles. The molecule has 2 aromatic rings. The Hall–Kier alpha value is -1.62. The molecule has 0 saturated heterocycles. The number of fused-ring (bicyclic) bond motifs is 1. The van der Waals surface area contributed by atoms with Crippen molar-refractivity contribution in [2.45, 2.75) is 13.0 Å². The molecule has 0 N–H and O–H groups in total. The van der Waals surface area contributed by atoms with Crippen LogP contribution < -0.4 is 0 Å². The van der Waals surface area contributed by atoms with E-state index >= 15 is 0 Å². The number of rotatable bonds is 5. The Balaban J connectivity index is 2.26. The number of hydrogen-bond acceptors (Lipinski definition) is 3. The van der Waals surface area contributed by atoms with Crippen molar-refractivity contribution >= 4 is 27.0 Å². The van der Waals surface area contributed by atoms with E-state index in [0.717, 1.165) is 17.2 Å². The van der Waals surface area contributed by atoms with Gasteiger partial charge in [-0.2, -0.15) is 0 Å². The number of aldehydes is 1. The third-order valence-electron chi connectivity index (χ3n) is 2.86. The third-order valence-corrected chi connectivity index (χ3v) is 3.89. The van der Waals surface area contributed by atoms with Crippen molar-refractivity contribution in [2.75, 3.05) is 12.0 Å². The van der Waals surface area contributed by atoms with Crippen LogP contribution in [0.2, 0.25) is 0 Å². The van der Waals surface area contributed by atoms with Crippen LogP contribution in [0.15, 0.2) is 30.5 Å². The van der Waals surface area contributed by atoms with E-state index in [2.05, 4.69) is 0 Å². The van der Waals surface area contributed by atoms with Crippen molar-refractivity contribution in [3.8, 4) is 0 Å². The maximum Gasteiger partial charge on any atom is 0.152 e. The molecule has 0 aliphatic rings. The molecule has 18 heavy (non-hydrogen) atoms. The van der Waals surface area contributed by atoms with Crippen molar-refractivity contribution in [1.29, 1.82) is 0 Å². The number of benzene rings is 1. The summed E-state index contributed by atoms with van der Waals surface area (Å²) < 4.78 is 24.1. The fourth-order valence-corrected chi connectivity index (χ4v) is 2.70. The Bertz CT molecular complexity index is 671. The first kappa shape index (κ1) is 12.8. The highest BCUT2D eigenvalue weighted by Crippen LogP contribution is 2.20. The molecule has 0 aliphatic carbocycles. The van der Waals surface area contributed by atoms with Gasteiger partial charge in [0.05, 0.1) is 5.75 Å². The van der Waals surface area contributed by atoms with Gasteiger partial charge < -0.3 is 4.57 Å². The van der Waals surface area contributed by atoms with Crippen LogP contribution in [-0.4, -0.2) is 31.3 Å². The summed E-state index contributed by atoms with van der Waals surface area (Å²) in [5.41, 5.74) is 1.61. The lowest BCUT2D eigenvalue weighted by Crippen LogP contribution is -2.06. The topological polar surface area (TPSA) is 56.1 Å². The van der Waals surface area contributed by atoms with E-state index in [-0.39, 0.29) is 5.75 Å². The fraction of sp³-hybridized carbons (Fsp3) is 0.308. The minimum atomic E-state index is -2.93. The number of aromatic nitrogens is 1. The minimum absolute atomic E-state index is 0.163. The lowest BCUT2D eigenvalue weighted by atomic mass is 10.2. The molecule has 96 valence electrons. The largest absolute Gasteiger partial charge is 0.347 e. The maximum absolute atomic E-state index is 11.1. The Morgan fingerprint density at radius 3 is 2.67 bits per heavy atom. The smallest absolute Gasteiger partial charge is 0.152 e. The van der Waals surface area contributed by atoms with Crippen LogP contribution in [0.3, 0.4) is 0 Å². The van der Waals surface area contributed by atoms with Crippen molar-refractivity contribution in [1.82, 2.24) is 4.57 Å². The molecule has 0 bridgehead atoms. The van der Waals surface area contributed by atoms with Gasteiger partial charge in [-0.15, -0.1) is 0 Å². The van der Waals surface area contributed by atoms with Crippen molar-refractivity contribution in [3.63, 3.8) is 0 Å². The molecule has 0 spiro atoms. The maximum atomic E-state index is 11.1. The summed E-state index contributed by atoms with van der Waals surface area (Å²) in [5, 5.41) is 0.909. The van der Waals surface area contributed by atoms with Gasteiger partial charge in [0.1, 0.15) is 9.84 Å². The highest BCUT2D eigenvalue weighted by Gasteiger charge is 2.08. The molecular weight excluding hydrogens is 250 g/mol. The Morgan fingerprint density at radius 2 is 2.00 bits per heavy atom. The second-order valence-corrected chi connectivity index (χ2v) is 6.66. The van der Waals surface area contributed by atoms with Crippen LogP contribution in [0.4, 0.5) is 0 Å². The molecule has 0 radical (unpaired) electrons. The molecular formula is C13H15NO3S. The molecule has 0 amide bonds. The van der Waals surface area contributed by atoms with Gasteiger partial charge in [-0.3, -0.25) is 4.79 Å². The van der Waals surface area contributed by atoms with E-state index < -0.39 is 9.84 Å². The zero-order chi connectivity index (χ0) is 13.2. The van der Waals surface area contributed by atoms with Gasteiger partial charge in [0, 0.05) is 35.5 Å². The number of hydrogen-bond donors (Lipinski definition) is 0. The van der Waals surface area contributed by atoms with Crippen LogP contribution in [0.1, 0.15) is 16.8 Å². The summed E-state index contributed by atoms with van der Waals surface area (Å²) in [6.45, 7) is 0.599. The summed E-state index contributed by atoms with van der Waals surface area (Å²) >= 11 is 0. The molecule has 2 rings (SSSR count). The third kappa shape index (κ3) is 2.79.